The van der Waals surface area contributed by atoms with Gasteiger partial charge in [0.25, 0.3) is 0 Å². The maximum Gasteiger partial charge on any atom is 0.491 e. The van der Waals surface area contributed by atoms with Crippen molar-refractivity contribution in [3.63, 3.8) is 0 Å². The Balaban J connectivity index is 3.38. The van der Waals surface area contributed by atoms with Gasteiger partial charge in [0.15, 0.2) is 0 Å². The van der Waals surface area contributed by atoms with Crippen molar-refractivity contribution >= 4 is 0 Å². The summed E-state index contributed by atoms with van der Waals surface area (Å²) in [6.07, 6.45) is -5.23. The monoisotopic (exact) mass is 274 g/mol. The minimum absolute atomic E-state index is 0.391. The lowest BCUT2D eigenvalue weighted by Crippen LogP contribution is -2.63. The highest BCUT2D eigenvalue weighted by molar-refractivity contribution is 5.05. The summed E-state index contributed by atoms with van der Waals surface area (Å²) in [5.74, 6) is -20.6. The van der Waals surface area contributed by atoms with E-state index in [2.05, 4.69) is 9.47 Å². The van der Waals surface area contributed by atoms with Gasteiger partial charge in [0.1, 0.15) is 0 Å². The lowest BCUT2D eigenvalue weighted by molar-refractivity contribution is -0.391. The summed E-state index contributed by atoms with van der Waals surface area (Å²) < 4.78 is 108. The predicted molar refractivity (Wildman–Crippen MR) is 36.0 cm³/mol. The number of rotatable bonds is 2. The van der Waals surface area contributed by atoms with E-state index < -0.39 is 43.7 Å². The fourth-order valence-corrected chi connectivity index (χ4v) is 1.22. The SMILES string of the molecule is CC(F)(F)C1(F)OC(F)(F)OC1(F)C(C)(F)F. The van der Waals surface area contributed by atoms with E-state index in [9.17, 15) is 35.1 Å². The highest BCUT2D eigenvalue weighted by atomic mass is 19.3. The van der Waals surface area contributed by atoms with Crippen molar-refractivity contribution < 1.29 is 44.6 Å². The maximum atomic E-state index is 13.4. The summed E-state index contributed by atoms with van der Waals surface area (Å²) >= 11 is 0. The minimum atomic E-state index is -5.32. The molecule has 0 N–H and O–H groups in total. The van der Waals surface area contributed by atoms with Gasteiger partial charge in [-0.25, -0.2) is 27.0 Å². The number of hydrogen-bond acceptors (Lipinski definition) is 2. The molecule has 0 aliphatic carbocycles. The third-order valence-corrected chi connectivity index (χ3v) is 2.06. The zero-order chi connectivity index (χ0) is 13.9. The molecule has 0 aromatic rings. The van der Waals surface area contributed by atoms with Crippen LogP contribution in [0.2, 0.25) is 0 Å². The molecule has 1 rings (SSSR count). The second-order valence-corrected chi connectivity index (χ2v) is 3.63. The summed E-state index contributed by atoms with van der Waals surface area (Å²) in [7, 11) is 0. The number of ether oxygens (including phenoxy) is 2. The van der Waals surface area contributed by atoms with E-state index in [1.807, 2.05) is 0 Å². The zero-order valence-corrected chi connectivity index (χ0v) is 8.34. The molecule has 0 bridgehead atoms. The first-order valence-corrected chi connectivity index (χ1v) is 4.08. The molecule has 2 unspecified atom stereocenters. The topological polar surface area (TPSA) is 18.5 Å². The second kappa shape index (κ2) is 3.22. The van der Waals surface area contributed by atoms with E-state index in [0.717, 1.165) is 0 Å². The lowest BCUT2D eigenvalue weighted by atomic mass is 9.98. The summed E-state index contributed by atoms with van der Waals surface area (Å²) in [5, 5.41) is 0. The first kappa shape index (κ1) is 14.4. The molecule has 2 atom stereocenters. The van der Waals surface area contributed by atoms with Gasteiger partial charge in [-0.3, -0.25) is 0 Å². The molecule has 1 aliphatic heterocycles. The zero-order valence-electron chi connectivity index (χ0n) is 8.34. The van der Waals surface area contributed by atoms with Crippen molar-refractivity contribution in [3.8, 4) is 0 Å². The molecule has 102 valence electrons. The van der Waals surface area contributed by atoms with Gasteiger partial charge in [0, 0.05) is 13.8 Å². The molecule has 0 aromatic heterocycles. The Hall–Kier alpha value is -0.640. The Labute approximate surface area is 89.5 Å². The van der Waals surface area contributed by atoms with Crippen LogP contribution >= 0.6 is 0 Å². The van der Waals surface area contributed by atoms with E-state index in [1.165, 1.54) is 0 Å². The van der Waals surface area contributed by atoms with Gasteiger partial charge in [0.05, 0.1) is 0 Å². The van der Waals surface area contributed by atoms with Gasteiger partial charge in [-0.1, -0.05) is 0 Å². The summed E-state index contributed by atoms with van der Waals surface area (Å²) in [6.45, 7) is -0.782. The highest BCUT2D eigenvalue weighted by Crippen LogP contribution is 2.59. The van der Waals surface area contributed by atoms with Gasteiger partial charge in [-0.05, 0) is 0 Å². The molecule has 1 heterocycles. The Bertz CT molecular complexity index is 291. The van der Waals surface area contributed by atoms with E-state index in [-0.39, 0.29) is 0 Å². The van der Waals surface area contributed by atoms with Crippen molar-refractivity contribution in [3.05, 3.63) is 0 Å². The third kappa shape index (κ3) is 1.86. The standard InChI is InChI=1S/C7H6F8O2/c1-3(8,9)5(12)6(13,4(2,10)11)17-7(14,15)16-5/h1-2H3. The van der Waals surface area contributed by atoms with Crippen molar-refractivity contribution in [2.75, 3.05) is 0 Å². The van der Waals surface area contributed by atoms with E-state index in [1.54, 1.807) is 0 Å². The van der Waals surface area contributed by atoms with Gasteiger partial charge < -0.3 is 0 Å². The molecular formula is C7H6F8O2. The van der Waals surface area contributed by atoms with Crippen LogP contribution in [0, 0.1) is 0 Å². The van der Waals surface area contributed by atoms with Crippen molar-refractivity contribution in [1.82, 2.24) is 0 Å². The van der Waals surface area contributed by atoms with Crippen LogP contribution in [0.4, 0.5) is 35.1 Å². The molecule has 0 spiro atoms. The average Bonchev–Trinajstić information content (AvgIpc) is 2.15. The van der Waals surface area contributed by atoms with Crippen LogP contribution in [0.25, 0.3) is 0 Å². The van der Waals surface area contributed by atoms with Crippen LogP contribution < -0.4 is 0 Å². The van der Waals surface area contributed by atoms with Gasteiger partial charge in [-0.15, -0.1) is 8.78 Å². The number of halogens is 8. The van der Waals surface area contributed by atoms with Crippen LogP contribution in [-0.4, -0.2) is 29.8 Å². The van der Waals surface area contributed by atoms with Crippen LogP contribution in [0.3, 0.4) is 0 Å². The van der Waals surface area contributed by atoms with Crippen molar-refractivity contribution in [2.24, 2.45) is 0 Å². The number of alkyl halides is 8. The molecule has 1 aliphatic rings. The third-order valence-electron chi connectivity index (χ3n) is 2.06. The normalized spacial score (nSPS) is 38.5. The quantitative estimate of drug-likeness (QED) is 0.720. The van der Waals surface area contributed by atoms with Crippen molar-refractivity contribution in [2.45, 2.75) is 43.7 Å². The van der Waals surface area contributed by atoms with E-state index in [4.69, 9.17) is 0 Å². The number of hydrogen-bond donors (Lipinski definition) is 0. The van der Waals surface area contributed by atoms with Gasteiger partial charge in [0.2, 0.25) is 0 Å². The molecule has 17 heavy (non-hydrogen) atoms. The fraction of sp³-hybridized carbons (Fsp3) is 1.00. The van der Waals surface area contributed by atoms with E-state index in [0.29, 0.717) is 0 Å². The molecule has 10 heteroatoms. The van der Waals surface area contributed by atoms with Gasteiger partial charge >= 0.3 is 29.8 Å². The first-order valence-electron chi connectivity index (χ1n) is 4.08. The summed E-state index contributed by atoms with van der Waals surface area (Å²) in [6, 6.07) is 0. The maximum absolute atomic E-state index is 13.4. The Morgan fingerprint density at radius 2 is 0.941 bits per heavy atom. The minimum Gasteiger partial charge on any atom is -0.246 e. The Morgan fingerprint density at radius 3 is 1.12 bits per heavy atom. The smallest absolute Gasteiger partial charge is 0.246 e. The van der Waals surface area contributed by atoms with E-state index >= 15 is 0 Å². The lowest BCUT2D eigenvalue weighted by Gasteiger charge is -2.35. The molecule has 1 fully saturated rings. The molecule has 0 radical (unpaired) electrons. The van der Waals surface area contributed by atoms with Crippen molar-refractivity contribution in [1.29, 1.82) is 0 Å². The largest absolute Gasteiger partial charge is 0.491 e. The summed E-state index contributed by atoms with van der Waals surface area (Å²) in [4.78, 5) is 0. The Morgan fingerprint density at radius 1 is 0.706 bits per heavy atom. The molecule has 2 nitrogen and oxygen atoms in total. The molecule has 0 saturated carbocycles. The summed E-state index contributed by atoms with van der Waals surface area (Å²) in [5.41, 5.74) is 0. The average molecular weight is 274 g/mol. The first-order chi connectivity index (χ1) is 7.16. The van der Waals surface area contributed by atoms with Crippen LogP contribution in [0.5, 0.6) is 0 Å². The van der Waals surface area contributed by atoms with Crippen LogP contribution in [0.15, 0.2) is 0 Å². The molecular weight excluding hydrogens is 268 g/mol. The highest BCUT2D eigenvalue weighted by Gasteiger charge is 2.86. The van der Waals surface area contributed by atoms with Crippen LogP contribution in [-0.2, 0) is 9.47 Å². The second-order valence-electron chi connectivity index (χ2n) is 3.63. The Kier molecular flexibility index (Phi) is 2.73. The molecule has 0 amide bonds. The molecule has 1 saturated heterocycles. The fourth-order valence-electron chi connectivity index (χ4n) is 1.22. The van der Waals surface area contributed by atoms with Crippen LogP contribution in [0.1, 0.15) is 13.8 Å². The predicted octanol–water partition coefficient (Wildman–Crippen LogP) is 3.23. The molecule has 0 aromatic carbocycles. The van der Waals surface area contributed by atoms with Gasteiger partial charge in [-0.2, -0.15) is 8.78 Å².